The van der Waals surface area contributed by atoms with Crippen LogP contribution in [0.1, 0.15) is 49.5 Å². The van der Waals surface area contributed by atoms with Crippen LogP contribution in [0.15, 0.2) is 24.3 Å². The monoisotopic (exact) mass is 389 g/mol. The molecule has 0 saturated heterocycles. The summed E-state index contributed by atoms with van der Waals surface area (Å²) in [5.41, 5.74) is -1.65. The molecule has 0 fully saturated rings. The van der Waals surface area contributed by atoms with E-state index in [4.69, 9.17) is 4.74 Å². The molecule has 0 spiro atoms. The average molecular weight is 389 g/mol. The molecule has 150 valence electrons. The number of halogens is 3. The number of alkyl halides is 3. The van der Waals surface area contributed by atoms with E-state index >= 15 is 0 Å². The van der Waals surface area contributed by atoms with E-state index in [1.54, 1.807) is 20.8 Å². The fourth-order valence-electron chi connectivity index (χ4n) is 2.10. The fraction of sp³-hybridized carbons (Fsp3) is 0.500. The molecule has 1 amide bonds. The van der Waals surface area contributed by atoms with Crippen LogP contribution < -0.4 is 5.32 Å². The lowest BCUT2D eigenvalue weighted by Gasteiger charge is -2.21. The van der Waals surface area contributed by atoms with E-state index in [0.717, 1.165) is 31.4 Å². The minimum Gasteiger partial charge on any atom is -0.467 e. The van der Waals surface area contributed by atoms with Crippen molar-refractivity contribution in [1.29, 1.82) is 0 Å². The number of benzene rings is 1. The summed E-state index contributed by atoms with van der Waals surface area (Å²) in [7, 11) is 1.12. The number of hydrogen-bond donors (Lipinski definition) is 1. The summed E-state index contributed by atoms with van der Waals surface area (Å²) in [6.07, 6.45) is -4.74. The van der Waals surface area contributed by atoms with Crippen LogP contribution in [-0.2, 0) is 25.2 Å². The lowest BCUT2D eigenvalue weighted by atomic mass is 10.1. The molecule has 0 aliphatic rings. The van der Waals surface area contributed by atoms with Crippen LogP contribution >= 0.6 is 0 Å². The van der Waals surface area contributed by atoms with Gasteiger partial charge in [-0.05, 0) is 51.5 Å². The zero-order valence-corrected chi connectivity index (χ0v) is 15.5. The number of rotatable bonds is 6. The minimum absolute atomic E-state index is 0.0610. The summed E-state index contributed by atoms with van der Waals surface area (Å²) >= 11 is 0. The van der Waals surface area contributed by atoms with Gasteiger partial charge in [-0.25, -0.2) is 4.79 Å². The quantitative estimate of drug-likeness (QED) is 0.756. The normalized spacial score (nSPS) is 12.9. The third-order valence-electron chi connectivity index (χ3n) is 3.32. The molecule has 0 unspecified atom stereocenters. The zero-order valence-electron chi connectivity index (χ0n) is 15.5. The molecule has 0 aromatic heterocycles. The van der Waals surface area contributed by atoms with Crippen molar-refractivity contribution in [3.63, 3.8) is 0 Å². The molecule has 1 aromatic carbocycles. The van der Waals surface area contributed by atoms with E-state index in [-0.39, 0.29) is 18.4 Å². The van der Waals surface area contributed by atoms with Crippen molar-refractivity contribution in [1.82, 2.24) is 5.32 Å². The van der Waals surface area contributed by atoms with Gasteiger partial charge in [-0.1, -0.05) is 0 Å². The molecule has 1 aromatic rings. The summed E-state index contributed by atoms with van der Waals surface area (Å²) < 4.78 is 47.4. The fourth-order valence-corrected chi connectivity index (χ4v) is 2.10. The molecule has 0 aliphatic carbocycles. The van der Waals surface area contributed by atoms with Gasteiger partial charge in [0.2, 0.25) is 0 Å². The lowest BCUT2D eigenvalue weighted by molar-refractivity contribution is -0.155. The standard InChI is InChI=1S/C18H22F3NO5/c1-17(2,3)27-14(23)10-9-13(16(25)26-4)22-15(24)11-5-7-12(8-6-11)18(19,20)21/h5-8,13H,9-10H2,1-4H3,(H,22,24)/t13-/m0/s1. The number of ether oxygens (including phenoxy) is 2. The molecule has 27 heavy (non-hydrogen) atoms. The predicted molar refractivity (Wildman–Crippen MR) is 89.8 cm³/mol. The van der Waals surface area contributed by atoms with Crippen molar-refractivity contribution in [2.75, 3.05) is 7.11 Å². The van der Waals surface area contributed by atoms with E-state index in [2.05, 4.69) is 10.1 Å². The summed E-state index contributed by atoms with van der Waals surface area (Å²) in [5.74, 6) is -2.10. The Balaban J connectivity index is 2.77. The second-order valence-electron chi connectivity index (χ2n) is 6.75. The SMILES string of the molecule is COC(=O)[C@H](CCC(=O)OC(C)(C)C)NC(=O)c1ccc(C(F)(F)F)cc1. The minimum atomic E-state index is -4.52. The van der Waals surface area contributed by atoms with Crippen molar-refractivity contribution < 1.29 is 37.0 Å². The maximum atomic E-state index is 12.6. The molecule has 6 nitrogen and oxygen atoms in total. The van der Waals surface area contributed by atoms with Crippen molar-refractivity contribution in [2.24, 2.45) is 0 Å². The lowest BCUT2D eigenvalue weighted by Crippen LogP contribution is -2.42. The maximum absolute atomic E-state index is 12.6. The first-order chi connectivity index (χ1) is 12.3. The van der Waals surface area contributed by atoms with Crippen LogP contribution in [0, 0.1) is 0 Å². The van der Waals surface area contributed by atoms with Crippen LogP contribution in [0.3, 0.4) is 0 Å². The molecule has 0 heterocycles. The van der Waals surface area contributed by atoms with E-state index in [1.807, 2.05) is 0 Å². The van der Waals surface area contributed by atoms with Crippen LogP contribution in [0.2, 0.25) is 0 Å². The highest BCUT2D eigenvalue weighted by molar-refractivity contribution is 5.96. The first-order valence-corrected chi connectivity index (χ1v) is 8.11. The van der Waals surface area contributed by atoms with Crippen LogP contribution in [0.25, 0.3) is 0 Å². The zero-order chi connectivity index (χ0) is 20.8. The Hall–Kier alpha value is -2.58. The third kappa shape index (κ3) is 7.67. The summed E-state index contributed by atoms with van der Waals surface area (Å²) in [6, 6.07) is 2.39. The molecule has 1 atom stereocenters. The maximum Gasteiger partial charge on any atom is 0.416 e. The summed E-state index contributed by atoms with van der Waals surface area (Å²) in [6.45, 7) is 5.07. The average Bonchev–Trinajstić information content (AvgIpc) is 2.55. The second kappa shape index (κ2) is 8.88. The Kier molecular flexibility index (Phi) is 7.38. The van der Waals surface area contributed by atoms with Crippen LogP contribution in [0.5, 0.6) is 0 Å². The Labute approximate surface area is 155 Å². The summed E-state index contributed by atoms with van der Waals surface area (Å²) in [4.78, 5) is 35.8. The molecule has 1 rings (SSSR count). The highest BCUT2D eigenvalue weighted by Crippen LogP contribution is 2.29. The number of nitrogens with one attached hydrogen (secondary N) is 1. The van der Waals surface area contributed by atoms with Gasteiger partial charge in [-0.3, -0.25) is 9.59 Å². The van der Waals surface area contributed by atoms with Crippen molar-refractivity contribution in [3.8, 4) is 0 Å². The second-order valence-corrected chi connectivity index (χ2v) is 6.75. The molecular weight excluding hydrogens is 367 g/mol. The van der Waals surface area contributed by atoms with Gasteiger partial charge in [0.25, 0.3) is 5.91 Å². The predicted octanol–water partition coefficient (Wildman–Crippen LogP) is 3.10. The van der Waals surface area contributed by atoms with E-state index in [9.17, 15) is 27.6 Å². The van der Waals surface area contributed by atoms with Gasteiger partial charge in [-0.15, -0.1) is 0 Å². The van der Waals surface area contributed by atoms with Crippen molar-refractivity contribution >= 4 is 17.8 Å². The van der Waals surface area contributed by atoms with E-state index in [1.165, 1.54) is 0 Å². The third-order valence-corrected chi connectivity index (χ3v) is 3.32. The van der Waals surface area contributed by atoms with Crippen molar-refractivity contribution in [2.45, 2.75) is 51.4 Å². The molecule has 0 radical (unpaired) electrons. The number of carbonyl (C=O) groups excluding carboxylic acids is 3. The smallest absolute Gasteiger partial charge is 0.416 e. The highest BCUT2D eigenvalue weighted by atomic mass is 19.4. The van der Waals surface area contributed by atoms with Crippen LogP contribution in [0.4, 0.5) is 13.2 Å². The largest absolute Gasteiger partial charge is 0.467 e. The molecule has 0 aliphatic heterocycles. The molecule has 0 saturated carbocycles. The number of methoxy groups -OCH3 is 1. The van der Waals surface area contributed by atoms with E-state index in [0.29, 0.717) is 0 Å². The number of esters is 2. The first kappa shape index (κ1) is 22.5. The highest BCUT2D eigenvalue weighted by Gasteiger charge is 2.30. The van der Waals surface area contributed by atoms with Gasteiger partial charge in [-0.2, -0.15) is 13.2 Å². The van der Waals surface area contributed by atoms with Gasteiger partial charge in [0.15, 0.2) is 0 Å². The topological polar surface area (TPSA) is 81.7 Å². The van der Waals surface area contributed by atoms with Gasteiger partial charge >= 0.3 is 18.1 Å². The van der Waals surface area contributed by atoms with Crippen molar-refractivity contribution in [3.05, 3.63) is 35.4 Å². The van der Waals surface area contributed by atoms with Gasteiger partial charge in [0.05, 0.1) is 12.7 Å². The number of amides is 1. The van der Waals surface area contributed by atoms with E-state index < -0.39 is 41.2 Å². The Bertz CT molecular complexity index is 678. The molecular formula is C18H22F3NO5. The number of hydrogen-bond acceptors (Lipinski definition) is 5. The first-order valence-electron chi connectivity index (χ1n) is 8.11. The van der Waals surface area contributed by atoms with Gasteiger partial charge in [0, 0.05) is 12.0 Å². The molecule has 1 N–H and O–H groups in total. The number of carbonyl (C=O) groups is 3. The Morgan fingerprint density at radius 2 is 1.63 bits per heavy atom. The Morgan fingerprint density at radius 3 is 2.07 bits per heavy atom. The Morgan fingerprint density at radius 1 is 1.07 bits per heavy atom. The van der Waals surface area contributed by atoms with Gasteiger partial charge in [0.1, 0.15) is 11.6 Å². The molecule has 9 heteroatoms. The molecule has 0 bridgehead atoms. The summed E-state index contributed by atoms with van der Waals surface area (Å²) in [5, 5.41) is 2.36. The van der Waals surface area contributed by atoms with Crippen LogP contribution in [-0.4, -0.2) is 36.6 Å². The van der Waals surface area contributed by atoms with Gasteiger partial charge < -0.3 is 14.8 Å².